The maximum atomic E-state index is 11.3. The average Bonchev–Trinajstić information content (AvgIpc) is 2.02. The molecule has 2 amide bonds. The lowest BCUT2D eigenvalue weighted by atomic mass is 10.1. The predicted molar refractivity (Wildman–Crippen MR) is 57.7 cm³/mol. The molecule has 0 saturated heterocycles. The van der Waals surface area contributed by atoms with Crippen molar-refractivity contribution in [1.29, 1.82) is 0 Å². The lowest BCUT2D eigenvalue weighted by Crippen LogP contribution is -2.54. The Balaban J connectivity index is 4.14. The van der Waals surface area contributed by atoms with Crippen LogP contribution in [0.25, 0.3) is 0 Å². The highest BCUT2D eigenvalue weighted by atomic mass is 16.4. The first-order valence-electron chi connectivity index (χ1n) is 4.72. The highest BCUT2D eigenvalue weighted by molar-refractivity contribution is 5.85. The van der Waals surface area contributed by atoms with E-state index in [1.807, 2.05) is 6.92 Å². The molecule has 0 radical (unpaired) electrons. The van der Waals surface area contributed by atoms with E-state index in [1.165, 1.54) is 13.8 Å². The van der Waals surface area contributed by atoms with E-state index in [0.717, 1.165) is 0 Å². The summed E-state index contributed by atoms with van der Waals surface area (Å²) in [6, 6.07) is -0.552. The summed E-state index contributed by atoms with van der Waals surface area (Å²) in [7, 11) is 0. The first-order valence-corrected chi connectivity index (χ1v) is 4.72. The first-order chi connectivity index (χ1) is 6.79. The van der Waals surface area contributed by atoms with Crippen LogP contribution in [0.5, 0.6) is 0 Å². The molecule has 0 aliphatic carbocycles. The fourth-order valence-corrected chi connectivity index (χ4v) is 0.906. The average molecular weight is 214 g/mol. The molecule has 0 aromatic carbocycles. The molecule has 1 atom stereocenters. The third-order valence-electron chi connectivity index (χ3n) is 1.86. The Hall–Kier alpha value is -1.52. The highest BCUT2D eigenvalue weighted by Crippen LogP contribution is 2.01. The van der Waals surface area contributed by atoms with Crippen molar-refractivity contribution < 1.29 is 14.7 Å². The van der Waals surface area contributed by atoms with Crippen LogP contribution in [0, 0.1) is 0 Å². The van der Waals surface area contributed by atoms with E-state index in [4.69, 9.17) is 5.11 Å². The van der Waals surface area contributed by atoms with Crippen LogP contribution >= 0.6 is 0 Å². The predicted octanol–water partition coefficient (Wildman–Crippen LogP) is 1.11. The van der Waals surface area contributed by atoms with Crippen LogP contribution in [0.1, 0.15) is 27.2 Å². The van der Waals surface area contributed by atoms with Gasteiger partial charge in [0.15, 0.2) is 0 Å². The van der Waals surface area contributed by atoms with Gasteiger partial charge in [-0.25, -0.2) is 9.59 Å². The van der Waals surface area contributed by atoms with Gasteiger partial charge in [-0.2, -0.15) is 0 Å². The molecule has 0 saturated carbocycles. The molecular weight excluding hydrogens is 196 g/mol. The summed E-state index contributed by atoms with van der Waals surface area (Å²) in [6.07, 6.45) is 2.33. The standard InChI is InChI=1S/C10H18N2O3/c1-5-6-7(2)11-9(15)12-10(3,4)8(13)14/h5,7H,1,6H2,2-4H3,(H,13,14)(H2,11,12,15). The van der Waals surface area contributed by atoms with Crippen molar-refractivity contribution in [2.45, 2.75) is 38.8 Å². The van der Waals surface area contributed by atoms with Gasteiger partial charge in [0.05, 0.1) is 0 Å². The van der Waals surface area contributed by atoms with Gasteiger partial charge in [-0.3, -0.25) is 0 Å². The minimum atomic E-state index is -1.27. The summed E-state index contributed by atoms with van der Waals surface area (Å²) >= 11 is 0. The number of carboxylic acids is 1. The number of amides is 2. The van der Waals surface area contributed by atoms with Crippen LogP contribution in [0.2, 0.25) is 0 Å². The minimum Gasteiger partial charge on any atom is -0.480 e. The second kappa shape index (κ2) is 5.38. The fourth-order valence-electron chi connectivity index (χ4n) is 0.906. The number of carbonyl (C=O) groups excluding carboxylic acids is 1. The van der Waals surface area contributed by atoms with Crippen molar-refractivity contribution >= 4 is 12.0 Å². The Labute approximate surface area is 89.6 Å². The van der Waals surface area contributed by atoms with Crippen molar-refractivity contribution in [3.63, 3.8) is 0 Å². The van der Waals surface area contributed by atoms with E-state index in [0.29, 0.717) is 6.42 Å². The van der Waals surface area contributed by atoms with Gasteiger partial charge >= 0.3 is 12.0 Å². The van der Waals surface area contributed by atoms with Crippen LogP contribution in [0.3, 0.4) is 0 Å². The first kappa shape index (κ1) is 13.5. The van der Waals surface area contributed by atoms with Crippen LogP contribution in [0.4, 0.5) is 4.79 Å². The number of nitrogens with one attached hydrogen (secondary N) is 2. The van der Waals surface area contributed by atoms with E-state index in [1.54, 1.807) is 6.08 Å². The van der Waals surface area contributed by atoms with Crippen molar-refractivity contribution in [2.75, 3.05) is 0 Å². The van der Waals surface area contributed by atoms with Gasteiger partial charge in [0.25, 0.3) is 0 Å². The Kier molecular flexibility index (Phi) is 4.84. The molecule has 15 heavy (non-hydrogen) atoms. The van der Waals surface area contributed by atoms with Crippen molar-refractivity contribution in [1.82, 2.24) is 10.6 Å². The SMILES string of the molecule is C=CCC(C)NC(=O)NC(C)(C)C(=O)O. The summed E-state index contributed by atoms with van der Waals surface area (Å²) < 4.78 is 0. The summed E-state index contributed by atoms with van der Waals surface area (Å²) in [5, 5.41) is 13.7. The summed E-state index contributed by atoms with van der Waals surface area (Å²) in [4.78, 5) is 22.0. The van der Waals surface area contributed by atoms with Gasteiger partial charge in [-0.05, 0) is 27.2 Å². The Morgan fingerprint density at radius 2 is 2.07 bits per heavy atom. The van der Waals surface area contributed by atoms with E-state index >= 15 is 0 Å². The maximum absolute atomic E-state index is 11.3. The minimum absolute atomic E-state index is 0.0629. The van der Waals surface area contributed by atoms with Gasteiger partial charge < -0.3 is 15.7 Å². The summed E-state index contributed by atoms with van der Waals surface area (Å²) in [5.74, 6) is -1.07. The summed E-state index contributed by atoms with van der Waals surface area (Å²) in [6.45, 7) is 8.21. The van der Waals surface area contributed by atoms with Crippen LogP contribution in [-0.4, -0.2) is 28.7 Å². The third kappa shape index (κ3) is 5.05. The van der Waals surface area contributed by atoms with E-state index < -0.39 is 17.5 Å². The van der Waals surface area contributed by atoms with Gasteiger partial charge in [0, 0.05) is 6.04 Å². The topological polar surface area (TPSA) is 78.4 Å². The molecule has 1 unspecified atom stereocenters. The molecule has 5 heteroatoms. The van der Waals surface area contributed by atoms with Gasteiger partial charge in [0.1, 0.15) is 5.54 Å². The second-order valence-corrected chi connectivity index (χ2v) is 3.95. The van der Waals surface area contributed by atoms with E-state index in [9.17, 15) is 9.59 Å². The lowest BCUT2D eigenvalue weighted by Gasteiger charge is -2.22. The Morgan fingerprint density at radius 3 is 2.47 bits per heavy atom. The highest BCUT2D eigenvalue weighted by Gasteiger charge is 2.29. The van der Waals surface area contributed by atoms with E-state index in [2.05, 4.69) is 17.2 Å². The zero-order valence-electron chi connectivity index (χ0n) is 9.33. The molecule has 0 aromatic rings. The molecular formula is C10H18N2O3. The zero-order chi connectivity index (χ0) is 12.1. The van der Waals surface area contributed by atoms with Crippen molar-refractivity contribution in [3.8, 4) is 0 Å². The molecule has 0 rings (SSSR count). The summed E-state index contributed by atoms with van der Waals surface area (Å²) in [5.41, 5.74) is -1.27. The number of hydrogen-bond donors (Lipinski definition) is 3. The Bertz CT molecular complexity index is 261. The number of hydrogen-bond acceptors (Lipinski definition) is 2. The van der Waals surface area contributed by atoms with Crippen molar-refractivity contribution in [3.05, 3.63) is 12.7 Å². The number of carboxylic acid groups (broad SMARTS) is 1. The number of aliphatic carboxylic acids is 1. The number of rotatable bonds is 5. The van der Waals surface area contributed by atoms with Gasteiger partial charge in [-0.15, -0.1) is 6.58 Å². The smallest absolute Gasteiger partial charge is 0.328 e. The molecule has 0 bridgehead atoms. The molecule has 86 valence electrons. The normalized spacial score (nSPS) is 12.7. The zero-order valence-corrected chi connectivity index (χ0v) is 9.33. The van der Waals surface area contributed by atoms with Gasteiger partial charge in [0.2, 0.25) is 0 Å². The van der Waals surface area contributed by atoms with Crippen LogP contribution < -0.4 is 10.6 Å². The largest absolute Gasteiger partial charge is 0.480 e. The molecule has 0 aliphatic heterocycles. The lowest BCUT2D eigenvalue weighted by molar-refractivity contribution is -0.142. The molecule has 5 nitrogen and oxygen atoms in total. The quantitative estimate of drug-likeness (QED) is 0.600. The van der Waals surface area contributed by atoms with Crippen molar-refractivity contribution in [2.24, 2.45) is 0 Å². The molecule has 0 heterocycles. The molecule has 3 N–H and O–H groups in total. The fraction of sp³-hybridized carbons (Fsp3) is 0.600. The van der Waals surface area contributed by atoms with E-state index in [-0.39, 0.29) is 6.04 Å². The molecule has 0 aromatic heterocycles. The second-order valence-electron chi connectivity index (χ2n) is 3.95. The Morgan fingerprint density at radius 1 is 1.53 bits per heavy atom. The molecule has 0 aliphatic rings. The van der Waals surface area contributed by atoms with Crippen LogP contribution in [-0.2, 0) is 4.79 Å². The molecule has 0 spiro atoms. The number of carbonyl (C=O) groups is 2. The number of urea groups is 1. The molecule has 0 fully saturated rings. The van der Waals surface area contributed by atoms with Crippen LogP contribution in [0.15, 0.2) is 12.7 Å². The monoisotopic (exact) mass is 214 g/mol. The maximum Gasteiger partial charge on any atom is 0.328 e. The third-order valence-corrected chi connectivity index (χ3v) is 1.86. The van der Waals surface area contributed by atoms with Gasteiger partial charge in [-0.1, -0.05) is 6.08 Å².